The molecular weight excluding hydrogens is 266 g/mol. The maximum absolute atomic E-state index is 11.2. The summed E-state index contributed by atoms with van der Waals surface area (Å²) in [6.45, 7) is 6.19. The molecule has 1 heterocycles. The number of hydrogen-bond acceptors (Lipinski definition) is 3. The van der Waals surface area contributed by atoms with Crippen LogP contribution in [0.2, 0.25) is 0 Å². The summed E-state index contributed by atoms with van der Waals surface area (Å²) in [7, 11) is 1.67. The van der Waals surface area contributed by atoms with E-state index in [2.05, 4.69) is 18.7 Å². The normalized spacial score (nSPS) is 16.9. The average molecular weight is 291 g/mol. The Labute approximate surface area is 126 Å². The van der Waals surface area contributed by atoms with Gasteiger partial charge in [0.05, 0.1) is 13.5 Å². The number of likely N-dealkylation sites (tertiary alicyclic amines) is 1. The van der Waals surface area contributed by atoms with E-state index in [1.807, 2.05) is 12.1 Å². The van der Waals surface area contributed by atoms with Crippen molar-refractivity contribution in [3.8, 4) is 5.75 Å². The molecule has 1 aliphatic heterocycles. The quantitative estimate of drug-likeness (QED) is 0.875. The van der Waals surface area contributed by atoms with E-state index in [9.17, 15) is 9.90 Å². The fourth-order valence-electron chi connectivity index (χ4n) is 3.27. The third kappa shape index (κ3) is 3.97. The van der Waals surface area contributed by atoms with Gasteiger partial charge in [-0.2, -0.15) is 0 Å². The summed E-state index contributed by atoms with van der Waals surface area (Å²) in [5.74, 6) is 0.153. The van der Waals surface area contributed by atoms with E-state index in [4.69, 9.17) is 4.74 Å². The number of benzene rings is 1. The number of methoxy groups -OCH3 is 1. The Morgan fingerprint density at radius 3 is 2.33 bits per heavy atom. The van der Waals surface area contributed by atoms with Gasteiger partial charge >= 0.3 is 5.97 Å². The largest absolute Gasteiger partial charge is 0.497 e. The summed E-state index contributed by atoms with van der Waals surface area (Å²) in [4.78, 5) is 13.5. The molecule has 2 rings (SSSR count). The molecule has 4 nitrogen and oxygen atoms in total. The molecule has 0 aromatic heterocycles. The van der Waals surface area contributed by atoms with Crippen LogP contribution in [0.1, 0.15) is 36.0 Å². The van der Waals surface area contributed by atoms with Gasteiger partial charge in [0.15, 0.2) is 0 Å². The first-order valence-corrected chi connectivity index (χ1v) is 7.61. The minimum absolute atomic E-state index is 0.0933. The number of carboxylic acids is 1. The van der Waals surface area contributed by atoms with Gasteiger partial charge in [0.1, 0.15) is 5.75 Å². The average Bonchev–Trinajstić information content (AvgIpc) is 2.94. The highest BCUT2D eigenvalue weighted by atomic mass is 16.5. The standard InChI is InChI=1S/C17H25NO3/c1-12-8-15(21-3)9-13(2)16(12)10-14(11-17(19)20)18-6-4-5-7-18/h8-9,14H,4-7,10-11H2,1-3H3,(H,19,20). The molecule has 0 aliphatic carbocycles. The van der Waals surface area contributed by atoms with E-state index in [0.717, 1.165) is 25.3 Å². The fraction of sp³-hybridized carbons (Fsp3) is 0.588. The predicted octanol–water partition coefficient (Wildman–Crippen LogP) is 2.79. The van der Waals surface area contributed by atoms with Gasteiger partial charge in [-0.05, 0) is 75.0 Å². The molecular formula is C17H25NO3. The number of nitrogens with zero attached hydrogens (tertiary/aromatic N) is 1. The SMILES string of the molecule is COc1cc(C)c(CC(CC(=O)O)N2CCCC2)c(C)c1. The number of aryl methyl sites for hydroxylation is 2. The summed E-state index contributed by atoms with van der Waals surface area (Å²) in [5.41, 5.74) is 3.62. The van der Waals surface area contributed by atoms with Gasteiger partial charge in [0.2, 0.25) is 0 Å². The highest BCUT2D eigenvalue weighted by Gasteiger charge is 2.25. The second kappa shape index (κ2) is 6.94. The molecule has 1 N–H and O–H groups in total. The molecule has 0 amide bonds. The van der Waals surface area contributed by atoms with Crippen LogP contribution in [0.15, 0.2) is 12.1 Å². The number of rotatable bonds is 6. The van der Waals surface area contributed by atoms with E-state index in [-0.39, 0.29) is 12.5 Å². The first-order valence-electron chi connectivity index (χ1n) is 7.61. The van der Waals surface area contributed by atoms with Gasteiger partial charge in [-0.25, -0.2) is 0 Å². The topological polar surface area (TPSA) is 49.8 Å². The van der Waals surface area contributed by atoms with Crippen molar-refractivity contribution in [2.24, 2.45) is 0 Å². The molecule has 0 spiro atoms. The number of carboxylic acid groups (broad SMARTS) is 1. The minimum atomic E-state index is -0.712. The zero-order valence-electron chi connectivity index (χ0n) is 13.2. The predicted molar refractivity (Wildman–Crippen MR) is 83.0 cm³/mol. The second-order valence-corrected chi connectivity index (χ2v) is 5.94. The summed E-state index contributed by atoms with van der Waals surface area (Å²) in [6.07, 6.45) is 3.37. The zero-order valence-corrected chi connectivity index (χ0v) is 13.2. The van der Waals surface area contributed by atoms with E-state index in [1.165, 1.54) is 29.5 Å². The molecule has 1 aromatic carbocycles. The summed E-state index contributed by atoms with van der Waals surface area (Å²) in [5, 5.41) is 9.20. The molecule has 1 saturated heterocycles. The van der Waals surface area contributed by atoms with E-state index in [0.29, 0.717) is 0 Å². The van der Waals surface area contributed by atoms with E-state index in [1.54, 1.807) is 7.11 Å². The van der Waals surface area contributed by atoms with Crippen molar-refractivity contribution in [2.75, 3.05) is 20.2 Å². The molecule has 4 heteroatoms. The zero-order chi connectivity index (χ0) is 15.4. The molecule has 116 valence electrons. The maximum Gasteiger partial charge on any atom is 0.304 e. The van der Waals surface area contributed by atoms with Crippen LogP contribution in [-0.2, 0) is 11.2 Å². The Morgan fingerprint density at radius 2 is 1.86 bits per heavy atom. The highest BCUT2D eigenvalue weighted by molar-refractivity contribution is 5.67. The van der Waals surface area contributed by atoms with Gasteiger partial charge < -0.3 is 9.84 Å². The third-order valence-electron chi connectivity index (χ3n) is 4.41. The van der Waals surface area contributed by atoms with Gasteiger partial charge in [-0.1, -0.05) is 0 Å². The molecule has 0 bridgehead atoms. The number of ether oxygens (including phenoxy) is 1. The first-order chi connectivity index (χ1) is 10.0. The van der Waals surface area contributed by atoms with Crippen LogP contribution in [0.5, 0.6) is 5.75 Å². The van der Waals surface area contributed by atoms with Crippen LogP contribution in [0.25, 0.3) is 0 Å². The van der Waals surface area contributed by atoms with Gasteiger partial charge in [-0.15, -0.1) is 0 Å². The van der Waals surface area contributed by atoms with Gasteiger partial charge in [0, 0.05) is 6.04 Å². The molecule has 1 atom stereocenters. The van der Waals surface area contributed by atoms with Gasteiger partial charge in [-0.3, -0.25) is 9.69 Å². The highest BCUT2D eigenvalue weighted by Crippen LogP contribution is 2.26. The Kier molecular flexibility index (Phi) is 5.23. The van der Waals surface area contributed by atoms with E-state index >= 15 is 0 Å². The summed E-state index contributed by atoms with van der Waals surface area (Å²) in [6, 6.07) is 4.16. The number of aliphatic carboxylic acids is 1. The maximum atomic E-state index is 11.2. The lowest BCUT2D eigenvalue weighted by Crippen LogP contribution is -2.36. The number of carbonyl (C=O) groups is 1. The molecule has 0 saturated carbocycles. The van der Waals surface area contributed by atoms with E-state index < -0.39 is 5.97 Å². The first kappa shape index (κ1) is 15.8. The lowest BCUT2D eigenvalue weighted by molar-refractivity contribution is -0.138. The monoisotopic (exact) mass is 291 g/mol. The Morgan fingerprint density at radius 1 is 1.29 bits per heavy atom. The van der Waals surface area contributed by atoms with Crippen LogP contribution in [0.4, 0.5) is 0 Å². The fourth-order valence-corrected chi connectivity index (χ4v) is 3.27. The lowest BCUT2D eigenvalue weighted by Gasteiger charge is -2.27. The molecule has 1 aliphatic rings. The van der Waals surface area contributed by atoms with Crippen molar-refractivity contribution in [2.45, 2.75) is 45.6 Å². The smallest absolute Gasteiger partial charge is 0.304 e. The molecule has 1 fully saturated rings. The second-order valence-electron chi connectivity index (χ2n) is 5.94. The Balaban J connectivity index is 2.21. The van der Waals surface area contributed by atoms with Crippen LogP contribution in [-0.4, -0.2) is 42.2 Å². The van der Waals surface area contributed by atoms with Crippen LogP contribution in [0.3, 0.4) is 0 Å². The molecule has 0 radical (unpaired) electrons. The van der Waals surface area contributed by atoms with Crippen molar-refractivity contribution in [1.82, 2.24) is 4.90 Å². The molecule has 1 aromatic rings. The summed E-state index contributed by atoms with van der Waals surface area (Å²) < 4.78 is 5.30. The summed E-state index contributed by atoms with van der Waals surface area (Å²) >= 11 is 0. The molecule has 21 heavy (non-hydrogen) atoms. The Hall–Kier alpha value is -1.55. The van der Waals surface area contributed by atoms with Gasteiger partial charge in [0.25, 0.3) is 0 Å². The lowest BCUT2D eigenvalue weighted by atomic mass is 9.94. The van der Waals surface area contributed by atoms with Crippen LogP contribution < -0.4 is 4.74 Å². The third-order valence-corrected chi connectivity index (χ3v) is 4.41. The van der Waals surface area contributed by atoms with Crippen molar-refractivity contribution in [3.63, 3.8) is 0 Å². The Bertz CT molecular complexity index is 484. The number of hydrogen-bond donors (Lipinski definition) is 1. The van der Waals surface area contributed by atoms with Crippen molar-refractivity contribution < 1.29 is 14.6 Å². The van der Waals surface area contributed by atoms with Crippen LogP contribution in [0, 0.1) is 13.8 Å². The molecule has 1 unspecified atom stereocenters. The van der Waals surface area contributed by atoms with Crippen molar-refractivity contribution >= 4 is 5.97 Å². The minimum Gasteiger partial charge on any atom is -0.497 e. The van der Waals surface area contributed by atoms with Crippen molar-refractivity contribution in [3.05, 3.63) is 28.8 Å². The van der Waals surface area contributed by atoms with Crippen LogP contribution >= 0.6 is 0 Å². The van der Waals surface area contributed by atoms with Crippen molar-refractivity contribution in [1.29, 1.82) is 0 Å².